The number of carbonyl (C=O) groups excluding carboxylic acids is 3. The quantitative estimate of drug-likeness (QED) is 0.197. The monoisotopic (exact) mass is 490 g/mol. The van der Waals surface area contributed by atoms with Gasteiger partial charge in [0.25, 0.3) is 5.78 Å². The zero-order valence-electron chi connectivity index (χ0n) is 18.9. The lowest BCUT2D eigenvalue weighted by Gasteiger charge is -2.23. The molecule has 0 radical (unpaired) electrons. The van der Waals surface area contributed by atoms with Gasteiger partial charge in [-0.05, 0) is 43.7 Å². The lowest BCUT2D eigenvalue weighted by Crippen LogP contribution is -2.29. The van der Waals surface area contributed by atoms with E-state index in [9.17, 15) is 23.9 Å². The van der Waals surface area contributed by atoms with Gasteiger partial charge >= 0.3 is 5.91 Å². The highest BCUT2D eigenvalue weighted by molar-refractivity contribution is 7.18. The Morgan fingerprint density at radius 3 is 2.43 bits per heavy atom. The van der Waals surface area contributed by atoms with Crippen molar-refractivity contribution in [2.24, 2.45) is 0 Å². The molecule has 1 aromatic carbocycles. The summed E-state index contributed by atoms with van der Waals surface area (Å²) in [5, 5.41) is 11.6. The summed E-state index contributed by atoms with van der Waals surface area (Å²) in [4.78, 5) is 49.0. The van der Waals surface area contributed by atoms with Crippen molar-refractivity contribution < 1.29 is 23.9 Å². The predicted molar refractivity (Wildman–Crippen MR) is 128 cm³/mol. The fourth-order valence-electron chi connectivity index (χ4n) is 4.33. The first-order chi connectivity index (χ1) is 16.7. The fourth-order valence-corrected chi connectivity index (χ4v) is 5.32. The molecule has 1 fully saturated rings. The van der Waals surface area contributed by atoms with Gasteiger partial charge in [-0.15, -0.1) is 0 Å². The van der Waals surface area contributed by atoms with Crippen molar-refractivity contribution in [1.29, 1.82) is 0 Å². The van der Waals surface area contributed by atoms with E-state index in [0.29, 0.717) is 27.5 Å². The van der Waals surface area contributed by atoms with Crippen molar-refractivity contribution in [3.63, 3.8) is 0 Å². The largest absolute Gasteiger partial charge is 0.505 e. The molecule has 1 unspecified atom stereocenters. The van der Waals surface area contributed by atoms with E-state index < -0.39 is 29.3 Å². The molecule has 0 saturated carbocycles. The Morgan fingerprint density at radius 2 is 1.77 bits per heavy atom. The molecule has 0 bridgehead atoms. The van der Waals surface area contributed by atoms with E-state index >= 15 is 0 Å². The lowest BCUT2D eigenvalue weighted by molar-refractivity contribution is -0.132. The number of aromatic nitrogens is 3. The minimum Gasteiger partial charge on any atom is -0.505 e. The van der Waals surface area contributed by atoms with Crippen LogP contribution < -0.4 is 4.90 Å². The number of aliphatic hydroxyl groups excluding tert-OH is 1. The van der Waals surface area contributed by atoms with Gasteiger partial charge in [-0.25, -0.2) is 14.4 Å². The maximum Gasteiger partial charge on any atom is 0.301 e. The summed E-state index contributed by atoms with van der Waals surface area (Å²) in [7, 11) is 0. The first-order valence-electron chi connectivity index (χ1n) is 10.7. The number of rotatable bonds is 4. The molecule has 3 aromatic heterocycles. The molecule has 1 atom stereocenters. The number of hydrogen-bond donors (Lipinski definition) is 1. The van der Waals surface area contributed by atoms with Gasteiger partial charge in [0.1, 0.15) is 17.2 Å². The van der Waals surface area contributed by atoms with Crippen LogP contribution in [0.1, 0.15) is 45.3 Å². The number of amides is 1. The van der Waals surface area contributed by atoms with Gasteiger partial charge in [-0.2, -0.15) is 0 Å². The number of fused-ring (bicyclic) bond motifs is 1. The van der Waals surface area contributed by atoms with Crippen molar-refractivity contribution in [3.05, 3.63) is 87.6 Å². The van der Waals surface area contributed by atoms with E-state index in [0.717, 1.165) is 16.2 Å². The summed E-state index contributed by atoms with van der Waals surface area (Å²) in [5.74, 6) is -2.94. The number of Topliss-reactive ketones (excluding diaryl/α,β-unsaturated/α-hetero) is 2. The SMILES string of the molecule is CC(=O)c1sc(N2C(=O)C(=O)/C(=C(/O)c3c(C)nc4ccccn34)C2c2ccc(F)cc2)nc1C. The van der Waals surface area contributed by atoms with E-state index in [1.807, 2.05) is 0 Å². The van der Waals surface area contributed by atoms with Crippen LogP contribution in [0.25, 0.3) is 11.4 Å². The predicted octanol–water partition coefficient (Wildman–Crippen LogP) is 4.38. The van der Waals surface area contributed by atoms with Gasteiger partial charge in [-0.1, -0.05) is 29.5 Å². The van der Waals surface area contributed by atoms with Crippen LogP contribution in [0.4, 0.5) is 9.52 Å². The van der Waals surface area contributed by atoms with Crippen molar-refractivity contribution in [2.75, 3.05) is 4.90 Å². The Morgan fingerprint density at radius 1 is 1.06 bits per heavy atom. The van der Waals surface area contributed by atoms with Crippen LogP contribution in [-0.2, 0) is 9.59 Å². The van der Waals surface area contributed by atoms with Crippen LogP contribution in [0, 0.1) is 19.7 Å². The molecule has 1 aliphatic rings. The summed E-state index contributed by atoms with van der Waals surface area (Å²) in [6.45, 7) is 4.72. The zero-order chi connectivity index (χ0) is 25.0. The Balaban J connectivity index is 1.78. The number of aryl methyl sites for hydroxylation is 2. The zero-order valence-corrected chi connectivity index (χ0v) is 19.8. The van der Waals surface area contributed by atoms with E-state index in [1.54, 1.807) is 42.6 Å². The molecule has 5 rings (SSSR count). The second-order valence-corrected chi connectivity index (χ2v) is 9.14. The Labute approximate surface area is 203 Å². The maximum absolute atomic E-state index is 13.7. The molecule has 8 nitrogen and oxygen atoms in total. The number of benzene rings is 1. The molecule has 4 heterocycles. The molecule has 1 amide bonds. The number of hydrogen-bond acceptors (Lipinski definition) is 7. The first kappa shape index (κ1) is 22.6. The highest BCUT2D eigenvalue weighted by Crippen LogP contribution is 2.44. The molecular weight excluding hydrogens is 471 g/mol. The third-order valence-electron chi connectivity index (χ3n) is 5.87. The van der Waals surface area contributed by atoms with E-state index in [4.69, 9.17) is 0 Å². The van der Waals surface area contributed by atoms with Crippen LogP contribution in [-0.4, -0.2) is 36.9 Å². The normalized spacial score (nSPS) is 17.5. The van der Waals surface area contributed by atoms with Gasteiger partial charge in [0.05, 0.1) is 27.9 Å². The molecule has 1 N–H and O–H groups in total. The Bertz CT molecular complexity index is 1570. The molecule has 35 heavy (non-hydrogen) atoms. The summed E-state index contributed by atoms with van der Waals surface area (Å²) < 4.78 is 15.4. The molecule has 0 spiro atoms. The smallest absolute Gasteiger partial charge is 0.301 e. The molecule has 4 aromatic rings. The van der Waals surface area contributed by atoms with Gasteiger partial charge in [0.2, 0.25) is 0 Å². The Kier molecular flexibility index (Phi) is 5.32. The first-order valence-corrected chi connectivity index (χ1v) is 11.5. The highest BCUT2D eigenvalue weighted by Gasteiger charge is 2.48. The number of thiazole rings is 1. The molecular formula is C25H19FN4O4S. The summed E-state index contributed by atoms with van der Waals surface area (Å²) in [6.07, 6.45) is 1.69. The number of halogens is 1. The molecule has 0 aliphatic carbocycles. The number of ketones is 2. The molecule has 176 valence electrons. The summed E-state index contributed by atoms with van der Waals surface area (Å²) in [6, 6.07) is 9.52. The van der Waals surface area contributed by atoms with Crippen molar-refractivity contribution in [2.45, 2.75) is 26.8 Å². The summed E-state index contributed by atoms with van der Waals surface area (Å²) in [5.41, 5.74) is 1.94. The van der Waals surface area contributed by atoms with Crippen LogP contribution >= 0.6 is 11.3 Å². The second-order valence-electron chi connectivity index (χ2n) is 8.16. The lowest BCUT2D eigenvalue weighted by atomic mass is 9.96. The van der Waals surface area contributed by atoms with E-state index in [-0.39, 0.29) is 22.2 Å². The van der Waals surface area contributed by atoms with E-state index in [1.165, 1.54) is 31.2 Å². The summed E-state index contributed by atoms with van der Waals surface area (Å²) >= 11 is 0.986. The Hall–Kier alpha value is -4.18. The van der Waals surface area contributed by atoms with Crippen molar-refractivity contribution in [1.82, 2.24) is 14.4 Å². The van der Waals surface area contributed by atoms with Gasteiger partial charge in [-0.3, -0.25) is 23.7 Å². The fraction of sp³-hybridized carbons (Fsp3) is 0.160. The van der Waals surface area contributed by atoms with Crippen molar-refractivity contribution >= 4 is 45.3 Å². The van der Waals surface area contributed by atoms with Gasteiger partial charge in [0, 0.05) is 13.1 Å². The standard InChI is InChI=1S/C25H19FN4O4S/c1-12-19(29-11-5-4-6-17(29)27-12)21(32)18-20(15-7-9-16(26)10-8-15)30(24(34)22(18)33)25-28-13(2)23(35-25)14(3)31/h4-11,20,32H,1-3H3/b21-18+. The van der Waals surface area contributed by atoms with Crippen LogP contribution in [0.15, 0.2) is 54.2 Å². The average Bonchev–Trinajstić information content (AvgIpc) is 3.45. The maximum atomic E-state index is 13.7. The second kappa shape index (κ2) is 8.24. The highest BCUT2D eigenvalue weighted by atomic mass is 32.1. The average molecular weight is 491 g/mol. The van der Waals surface area contributed by atoms with Gasteiger partial charge in [0.15, 0.2) is 16.7 Å². The topological polar surface area (TPSA) is 105 Å². The van der Waals surface area contributed by atoms with Crippen LogP contribution in [0.5, 0.6) is 0 Å². The number of anilines is 1. The van der Waals surface area contributed by atoms with Gasteiger partial charge < -0.3 is 5.11 Å². The molecule has 10 heteroatoms. The van der Waals surface area contributed by atoms with Crippen LogP contribution in [0.3, 0.4) is 0 Å². The minimum atomic E-state index is -1.09. The van der Waals surface area contributed by atoms with E-state index in [2.05, 4.69) is 9.97 Å². The number of pyridine rings is 1. The number of aliphatic hydroxyl groups is 1. The molecule has 1 saturated heterocycles. The molecule has 1 aliphatic heterocycles. The third-order valence-corrected chi connectivity index (χ3v) is 7.13. The van der Waals surface area contributed by atoms with Crippen LogP contribution in [0.2, 0.25) is 0 Å². The van der Waals surface area contributed by atoms with Crippen molar-refractivity contribution in [3.8, 4) is 0 Å². The number of nitrogens with zero attached hydrogens (tertiary/aromatic N) is 4. The minimum absolute atomic E-state index is 0.137. The third kappa shape index (κ3) is 3.53. The number of carbonyl (C=O) groups is 3. The number of imidazole rings is 1.